The molecule has 0 unspecified atom stereocenters. The SMILES string of the molecule is C=Cc1nn(C)c2c1CN(C(=O)OCCCC)CCO2. The van der Waals surface area contributed by atoms with Gasteiger partial charge in [0, 0.05) is 7.05 Å². The summed E-state index contributed by atoms with van der Waals surface area (Å²) in [6.07, 6.45) is 3.26. The van der Waals surface area contributed by atoms with Gasteiger partial charge in [-0.3, -0.25) is 0 Å². The van der Waals surface area contributed by atoms with Crippen molar-refractivity contribution in [1.29, 1.82) is 0 Å². The summed E-state index contributed by atoms with van der Waals surface area (Å²) in [6.45, 7) is 7.65. The maximum absolute atomic E-state index is 12.0. The van der Waals surface area contributed by atoms with Crippen LogP contribution in [0.2, 0.25) is 0 Å². The van der Waals surface area contributed by atoms with Gasteiger partial charge < -0.3 is 14.4 Å². The van der Waals surface area contributed by atoms with Gasteiger partial charge in [0.2, 0.25) is 5.88 Å². The maximum atomic E-state index is 12.0. The molecular formula is C14H21N3O3. The predicted molar refractivity (Wildman–Crippen MR) is 75.5 cm³/mol. The van der Waals surface area contributed by atoms with Gasteiger partial charge in [-0.25, -0.2) is 9.48 Å². The molecule has 6 heteroatoms. The lowest BCUT2D eigenvalue weighted by Gasteiger charge is -2.19. The van der Waals surface area contributed by atoms with Crippen LogP contribution in [0.1, 0.15) is 31.0 Å². The van der Waals surface area contributed by atoms with Crippen molar-refractivity contribution < 1.29 is 14.3 Å². The molecule has 1 aliphatic rings. The van der Waals surface area contributed by atoms with Gasteiger partial charge in [-0.15, -0.1) is 0 Å². The number of hydrogen-bond donors (Lipinski definition) is 0. The molecule has 20 heavy (non-hydrogen) atoms. The van der Waals surface area contributed by atoms with E-state index < -0.39 is 0 Å². The molecule has 0 spiro atoms. The first-order valence-electron chi connectivity index (χ1n) is 6.90. The van der Waals surface area contributed by atoms with E-state index in [0.717, 1.165) is 24.1 Å². The van der Waals surface area contributed by atoms with Gasteiger partial charge in [0.25, 0.3) is 0 Å². The van der Waals surface area contributed by atoms with E-state index in [1.54, 1.807) is 15.7 Å². The molecule has 0 aliphatic carbocycles. The molecule has 0 N–H and O–H groups in total. The van der Waals surface area contributed by atoms with Gasteiger partial charge in [0.05, 0.1) is 31.0 Å². The zero-order valence-corrected chi connectivity index (χ0v) is 12.1. The number of rotatable bonds is 4. The van der Waals surface area contributed by atoms with Crippen molar-refractivity contribution in [3.63, 3.8) is 0 Å². The smallest absolute Gasteiger partial charge is 0.410 e. The first-order chi connectivity index (χ1) is 9.67. The van der Waals surface area contributed by atoms with Crippen molar-refractivity contribution in [2.24, 2.45) is 7.05 Å². The van der Waals surface area contributed by atoms with E-state index in [-0.39, 0.29) is 6.09 Å². The van der Waals surface area contributed by atoms with E-state index in [9.17, 15) is 4.79 Å². The Morgan fingerprint density at radius 3 is 3.10 bits per heavy atom. The standard InChI is InChI=1S/C14H21N3O3/c1-4-6-8-20-14(18)17-7-9-19-13-11(10-17)12(5-2)15-16(13)3/h5H,2,4,6-10H2,1,3H3. The number of aromatic nitrogens is 2. The van der Waals surface area contributed by atoms with Crippen molar-refractivity contribution in [1.82, 2.24) is 14.7 Å². The van der Waals surface area contributed by atoms with Gasteiger partial charge in [0.15, 0.2) is 0 Å². The van der Waals surface area contributed by atoms with Crippen LogP contribution >= 0.6 is 0 Å². The van der Waals surface area contributed by atoms with Crippen molar-refractivity contribution in [3.8, 4) is 5.88 Å². The first-order valence-corrected chi connectivity index (χ1v) is 6.90. The highest BCUT2D eigenvalue weighted by Crippen LogP contribution is 2.26. The van der Waals surface area contributed by atoms with Crippen molar-refractivity contribution in [3.05, 3.63) is 17.8 Å². The average Bonchev–Trinajstić information content (AvgIpc) is 2.64. The normalized spacial score (nSPS) is 14.2. The van der Waals surface area contributed by atoms with Crippen molar-refractivity contribution >= 4 is 12.2 Å². The number of fused-ring (bicyclic) bond motifs is 1. The van der Waals surface area contributed by atoms with Gasteiger partial charge in [-0.2, -0.15) is 5.10 Å². The number of ether oxygens (including phenoxy) is 2. The van der Waals surface area contributed by atoms with Crippen LogP contribution in [0.3, 0.4) is 0 Å². The number of hydrogen-bond acceptors (Lipinski definition) is 4. The molecule has 0 atom stereocenters. The Bertz CT molecular complexity index is 496. The van der Waals surface area contributed by atoms with Gasteiger partial charge >= 0.3 is 6.09 Å². The third kappa shape index (κ3) is 2.95. The molecule has 1 aromatic rings. The molecule has 0 saturated heterocycles. The highest BCUT2D eigenvalue weighted by Gasteiger charge is 2.25. The van der Waals surface area contributed by atoms with Crippen molar-refractivity contribution in [2.45, 2.75) is 26.3 Å². The van der Waals surface area contributed by atoms with E-state index in [4.69, 9.17) is 9.47 Å². The number of nitrogens with zero attached hydrogens (tertiary/aromatic N) is 3. The molecule has 0 fully saturated rings. The summed E-state index contributed by atoms with van der Waals surface area (Å²) in [7, 11) is 1.82. The molecule has 6 nitrogen and oxygen atoms in total. The number of aryl methyl sites for hydroxylation is 1. The molecule has 2 rings (SSSR count). The summed E-state index contributed by atoms with van der Waals surface area (Å²) in [4.78, 5) is 13.7. The molecular weight excluding hydrogens is 258 g/mol. The molecule has 1 aliphatic heterocycles. The Morgan fingerprint density at radius 1 is 1.60 bits per heavy atom. The fourth-order valence-corrected chi connectivity index (χ4v) is 2.14. The Labute approximate surface area is 119 Å². The number of amides is 1. The minimum Gasteiger partial charge on any atom is -0.476 e. The summed E-state index contributed by atoms with van der Waals surface area (Å²) in [5, 5.41) is 4.32. The largest absolute Gasteiger partial charge is 0.476 e. The van der Waals surface area contributed by atoms with Crippen LogP contribution in [0.25, 0.3) is 6.08 Å². The molecule has 110 valence electrons. The number of carbonyl (C=O) groups excluding carboxylic acids is 1. The van der Waals surface area contributed by atoms with Crippen LogP contribution in [0, 0.1) is 0 Å². The molecule has 0 radical (unpaired) electrons. The first kappa shape index (κ1) is 14.4. The van der Waals surface area contributed by atoms with Gasteiger partial charge in [-0.1, -0.05) is 19.9 Å². The van der Waals surface area contributed by atoms with Crippen molar-refractivity contribution in [2.75, 3.05) is 19.8 Å². The molecule has 0 saturated carbocycles. The third-order valence-electron chi connectivity index (χ3n) is 3.24. The average molecular weight is 279 g/mol. The highest BCUT2D eigenvalue weighted by molar-refractivity contribution is 5.68. The second-order valence-corrected chi connectivity index (χ2v) is 4.73. The summed E-state index contributed by atoms with van der Waals surface area (Å²) in [5.74, 6) is 0.698. The zero-order valence-electron chi connectivity index (χ0n) is 12.1. The molecule has 0 aromatic carbocycles. The molecule has 1 aromatic heterocycles. The summed E-state index contributed by atoms with van der Waals surface area (Å²) >= 11 is 0. The van der Waals surface area contributed by atoms with E-state index in [2.05, 4.69) is 18.6 Å². The van der Waals surface area contributed by atoms with E-state index >= 15 is 0 Å². The third-order valence-corrected chi connectivity index (χ3v) is 3.24. The summed E-state index contributed by atoms with van der Waals surface area (Å²) in [5.41, 5.74) is 1.63. The fraction of sp³-hybridized carbons (Fsp3) is 0.571. The second-order valence-electron chi connectivity index (χ2n) is 4.73. The fourth-order valence-electron chi connectivity index (χ4n) is 2.14. The van der Waals surface area contributed by atoms with Gasteiger partial charge in [0.1, 0.15) is 6.61 Å². The van der Waals surface area contributed by atoms with Crippen LogP contribution in [-0.2, 0) is 18.3 Å². The predicted octanol–water partition coefficient (Wildman–Crippen LogP) is 2.19. The lowest BCUT2D eigenvalue weighted by molar-refractivity contribution is 0.0956. The summed E-state index contributed by atoms with van der Waals surface area (Å²) in [6, 6.07) is 0. The van der Waals surface area contributed by atoms with Crippen LogP contribution < -0.4 is 4.74 Å². The Morgan fingerprint density at radius 2 is 2.40 bits per heavy atom. The quantitative estimate of drug-likeness (QED) is 0.793. The second kappa shape index (κ2) is 6.45. The topological polar surface area (TPSA) is 56.6 Å². The molecule has 1 amide bonds. The van der Waals surface area contributed by atoms with E-state index in [0.29, 0.717) is 32.2 Å². The monoisotopic (exact) mass is 279 g/mol. The van der Waals surface area contributed by atoms with Crippen LogP contribution in [-0.4, -0.2) is 40.5 Å². The Balaban J connectivity index is 2.11. The van der Waals surface area contributed by atoms with Gasteiger partial charge in [-0.05, 0) is 12.5 Å². The van der Waals surface area contributed by atoms with E-state index in [1.807, 2.05) is 7.05 Å². The number of unbranched alkanes of at least 4 members (excludes halogenated alkanes) is 1. The summed E-state index contributed by atoms with van der Waals surface area (Å²) < 4.78 is 12.6. The zero-order chi connectivity index (χ0) is 14.5. The Kier molecular flexibility index (Phi) is 4.65. The van der Waals surface area contributed by atoms with Crippen LogP contribution in [0.5, 0.6) is 5.88 Å². The van der Waals surface area contributed by atoms with E-state index in [1.165, 1.54) is 0 Å². The minimum atomic E-state index is -0.297. The highest BCUT2D eigenvalue weighted by atomic mass is 16.6. The van der Waals surface area contributed by atoms with Crippen LogP contribution in [0.4, 0.5) is 4.79 Å². The Hall–Kier alpha value is -1.98. The minimum absolute atomic E-state index is 0.297. The molecule has 0 bridgehead atoms. The van der Waals surface area contributed by atoms with Crippen LogP contribution in [0.15, 0.2) is 6.58 Å². The number of carbonyl (C=O) groups is 1. The lowest BCUT2D eigenvalue weighted by Crippen LogP contribution is -2.33. The lowest BCUT2D eigenvalue weighted by atomic mass is 10.2. The maximum Gasteiger partial charge on any atom is 0.410 e. The molecule has 2 heterocycles.